The third kappa shape index (κ3) is 3.39. The van der Waals surface area contributed by atoms with Crippen LogP contribution < -0.4 is 16.0 Å². The number of rotatable bonds is 4. The Morgan fingerprint density at radius 3 is 2.58 bits per heavy atom. The van der Waals surface area contributed by atoms with Crippen LogP contribution in [0.1, 0.15) is 16.2 Å². The molecule has 0 unspecified atom stereocenters. The molecule has 0 spiro atoms. The molecule has 0 saturated carbocycles. The highest BCUT2D eigenvalue weighted by atomic mass is 32.1. The van der Waals surface area contributed by atoms with Crippen molar-refractivity contribution >= 4 is 17.2 Å². The van der Waals surface area contributed by atoms with Crippen LogP contribution in [0.4, 0.5) is 13.2 Å². The van der Waals surface area contributed by atoms with E-state index in [1.54, 1.807) is 24.3 Å². The van der Waals surface area contributed by atoms with Gasteiger partial charge in [0.2, 0.25) is 5.13 Å². The van der Waals surface area contributed by atoms with E-state index in [2.05, 4.69) is 10.1 Å². The van der Waals surface area contributed by atoms with Crippen LogP contribution in [0.2, 0.25) is 0 Å². The number of hydrogen-bond donors (Lipinski definition) is 2. The predicted molar refractivity (Wildman–Crippen MR) is 87.9 cm³/mol. The van der Waals surface area contributed by atoms with E-state index in [0.29, 0.717) is 16.0 Å². The van der Waals surface area contributed by atoms with E-state index in [4.69, 9.17) is 10.6 Å². The zero-order valence-electron chi connectivity index (χ0n) is 13.2. The van der Waals surface area contributed by atoms with Crippen molar-refractivity contribution < 1.29 is 22.7 Å². The summed E-state index contributed by atoms with van der Waals surface area (Å²) in [5.74, 6) is 4.87. The van der Waals surface area contributed by atoms with Crippen LogP contribution in [0.3, 0.4) is 0 Å². The number of alkyl halides is 3. The average Bonchev–Trinajstić information content (AvgIpc) is 3.27. The van der Waals surface area contributed by atoms with Crippen molar-refractivity contribution in [1.82, 2.24) is 20.2 Å². The number of benzene rings is 1. The van der Waals surface area contributed by atoms with Crippen LogP contribution >= 0.6 is 11.3 Å². The Kier molecular flexibility index (Phi) is 4.66. The first-order valence-electron chi connectivity index (χ1n) is 7.12. The van der Waals surface area contributed by atoms with Gasteiger partial charge in [-0.3, -0.25) is 10.2 Å². The van der Waals surface area contributed by atoms with Gasteiger partial charge in [-0.1, -0.05) is 0 Å². The van der Waals surface area contributed by atoms with Gasteiger partial charge in [0.05, 0.1) is 12.8 Å². The van der Waals surface area contributed by atoms with Crippen LogP contribution in [-0.2, 0) is 6.18 Å². The first-order valence-corrected chi connectivity index (χ1v) is 8.00. The highest BCUT2D eigenvalue weighted by molar-refractivity contribution is 7.12. The molecule has 2 aromatic heterocycles. The molecule has 11 heteroatoms. The fourth-order valence-corrected chi connectivity index (χ4v) is 2.94. The number of carbonyl (C=O) groups is 1. The molecule has 3 rings (SSSR count). The molecular weight excluding hydrogens is 371 g/mol. The molecule has 1 aromatic carbocycles. The number of thiazole rings is 1. The van der Waals surface area contributed by atoms with Gasteiger partial charge in [0.25, 0.3) is 5.91 Å². The van der Waals surface area contributed by atoms with Crippen LogP contribution in [0, 0.1) is 0 Å². The first kappa shape index (κ1) is 17.9. The minimum atomic E-state index is -4.65. The molecule has 0 fully saturated rings. The maximum atomic E-state index is 13.4. The quantitative estimate of drug-likeness (QED) is 0.410. The summed E-state index contributed by atoms with van der Waals surface area (Å²) >= 11 is 0.844. The number of hydrazine groups is 1. The highest BCUT2D eigenvalue weighted by Gasteiger charge is 2.37. The lowest BCUT2D eigenvalue weighted by Crippen LogP contribution is -2.30. The van der Waals surface area contributed by atoms with E-state index in [0.717, 1.165) is 17.4 Å². The summed E-state index contributed by atoms with van der Waals surface area (Å²) in [6.45, 7) is 0. The van der Waals surface area contributed by atoms with E-state index in [1.807, 2.05) is 5.43 Å². The third-order valence-electron chi connectivity index (χ3n) is 3.42. The Balaban J connectivity index is 2.07. The van der Waals surface area contributed by atoms with Crippen molar-refractivity contribution in [2.24, 2.45) is 5.84 Å². The minimum absolute atomic E-state index is 0.0953. The second-order valence-corrected chi connectivity index (χ2v) is 5.88. The molecule has 0 aliphatic rings. The topological polar surface area (TPSA) is 95.1 Å². The maximum Gasteiger partial charge on any atom is 0.433 e. The number of amides is 1. The molecule has 0 aliphatic carbocycles. The van der Waals surface area contributed by atoms with Gasteiger partial charge in [0, 0.05) is 10.9 Å². The average molecular weight is 383 g/mol. The van der Waals surface area contributed by atoms with E-state index in [-0.39, 0.29) is 16.5 Å². The normalized spacial score (nSPS) is 11.4. The fraction of sp³-hybridized carbons (Fsp3) is 0.133. The van der Waals surface area contributed by atoms with Gasteiger partial charge in [-0.25, -0.2) is 15.5 Å². The standard InChI is InChI=1S/C15H12F3N5O2S/c1-25-9-4-2-8(3-5-9)10-6-12(15(16,17)18)23(22-10)14-20-11(7-26-14)13(24)21-19/h2-7H,19H2,1H3,(H,21,24). The Bertz CT molecular complexity index is 934. The Hall–Kier alpha value is -2.92. The van der Waals surface area contributed by atoms with Gasteiger partial charge >= 0.3 is 6.18 Å². The summed E-state index contributed by atoms with van der Waals surface area (Å²) in [6, 6.07) is 7.36. The number of nitrogens with one attached hydrogen (secondary N) is 1. The number of hydrogen-bond acceptors (Lipinski definition) is 6. The Morgan fingerprint density at radius 2 is 2.00 bits per heavy atom. The van der Waals surface area contributed by atoms with Gasteiger partial charge in [0.15, 0.2) is 5.69 Å². The number of nitrogen functional groups attached to an aromatic ring is 1. The summed E-state index contributed by atoms with van der Waals surface area (Å²) in [6.07, 6.45) is -4.65. The molecule has 26 heavy (non-hydrogen) atoms. The number of nitrogens with two attached hydrogens (primary N) is 1. The van der Waals surface area contributed by atoms with Crippen LogP contribution in [0.15, 0.2) is 35.7 Å². The molecule has 3 aromatic rings. The van der Waals surface area contributed by atoms with Crippen LogP contribution in [-0.4, -0.2) is 27.8 Å². The summed E-state index contributed by atoms with van der Waals surface area (Å²) in [4.78, 5) is 15.3. The Labute approximate surface area is 149 Å². The van der Waals surface area contributed by atoms with Crippen molar-refractivity contribution in [2.45, 2.75) is 6.18 Å². The first-order chi connectivity index (χ1) is 12.3. The third-order valence-corrected chi connectivity index (χ3v) is 4.24. The van der Waals surface area contributed by atoms with Gasteiger partial charge in [-0.15, -0.1) is 11.3 Å². The molecule has 0 atom stereocenters. The summed E-state index contributed by atoms with van der Waals surface area (Å²) < 4.78 is 45.9. The van der Waals surface area contributed by atoms with Gasteiger partial charge < -0.3 is 4.74 Å². The second-order valence-electron chi connectivity index (χ2n) is 5.04. The largest absolute Gasteiger partial charge is 0.497 e. The zero-order valence-corrected chi connectivity index (χ0v) is 14.1. The number of methoxy groups -OCH3 is 1. The SMILES string of the molecule is COc1ccc(-c2cc(C(F)(F)F)n(-c3nc(C(=O)NN)cs3)n2)cc1. The van der Waals surface area contributed by atoms with Crippen LogP contribution in [0.25, 0.3) is 16.4 Å². The molecule has 0 aliphatic heterocycles. The zero-order chi connectivity index (χ0) is 18.9. The van der Waals surface area contributed by atoms with Gasteiger partial charge in [-0.2, -0.15) is 18.3 Å². The van der Waals surface area contributed by atoms with Gasteiger partial charge in [-0.05, 0) is 30.3 Å². The molecule has 136 valence electrons. The van der Waals surface area contributed by atoms with Crippen molar-refractivity contribution in [3.63, 3.8) is 0 Å². The number of halogens is 3. The molecule has 0 saturated heterocycles. The summed E-state index contributed by atoms with van der Waals surface area (Å²) in [5.41, 5.74) is 1.37. The van der Waals surface area contributed by atoms with E-state index in [9.17, 15) is 18.0 Å². The van der Waals surface area contributed by atoms with E-state index < -0.39 is 17.8 Å². The molecule has 2 heterocycles. The number of carbonyl (C=O) groups excluding carboxylic acids is 1. The summed E-state index contributed by atoms with van der Waals surface area (Å²) in [7, 11) is 1.49. The lowest BCUT2D eigenvalue weighted by molar-refractivity contribution is -0.142. The molecule has 0 radical (unpaired) electrons. The maximum absolute atomic E-state index is 13.4. The molecule has 7 nitrogen and oxygen atoms in total. The van der Waals surface area contributed by atoms with Crippen molar-refractivity contribution in [1.29, 1.82) is 0 Å². The monoisotopic (exact) mass is 383 g/mol. The predicted octanol–water partition coefficient (Wildman–Crippen LogP) is 2.63. The molecule has 0 bridgehead atoms. The van der Waals surface area contributed by atoms with Crippen molar-refractivity contribution in [3.05, 3.63) is 47.1 Å². The van der Waals surface area contributed by atoms with Gasteiger partial charge in [0.1, 0.15) is 11.4 Å². The Morgan fingerprint density at radius 1 is 1.31 bits per heavy atom. The van der Waals surface area contributed by atoms with E-state index in [1.165, 1.54) is 12.5 Å². The lowest BCUT2D eigenvalue weighted by Gasteiger charge is -2.06. The van der Waals surface area contributed by atoms with Crippen LogP contribution in [0.5, 0.6) is 5.75 Å². The highest BCUT2D eigenvalue weighted by Crippen LogP contribution is 2.35. The number of nitrogens with zero attached hydrogens (tertiary/aromatic N) is 3. The lowest BCUT2D eigenvalue weighted by atomic mass is 10.1. The molecule has 3 N–H and O–H groups in total. The molecule has 1 amide bonds. The van der Waals surface area contributed by atoms with Crippen molar-refractivity contribution in [3.8, 4) is 22.1 Å². The summed E-state index contributed by atoms with van der Waals surface area (Å²) in [5, 5.41) is 5.21. The smallest absolute Gasteiger partial charge is 0.433 e. The van der Waals surface area contributed by atoms with Crippen molar-refractivity contribution in [2.75, 3.05) is 7.11 Å². The minimum Gasteiger partial charge on any atom is -0.497 e. The van der Waals surface area contributed by atoms with E-state index >= 15 is 0 Å². The molecular formula is C15H12F3N5O2S. The number of aromatic nitrogens is 3. The number of ether oxygens (including phenoxy) is 1. The fourth-order valence-electron chi connectivity index (χ4n) is 2.17. The second kappa shape index (κ2) is 6.77.